The zero-order valence-corrected chi connectivity index (χ0v) is 7.80. The van der Waals surface area contributed by atoms with Crippen LogP contribution in [0.25, 0.3) is 0 Å². The Morgan fingerprint density at radius 3 is 2.20 bits per heavy atom. The van der Waals surface area contributed by atoms with Gasteiger partial charge in [0.05, 0.1) is 5.38 Å². The predicted molar refractivity (Wildman–Crippen MR) is 41.9 cm³/mol. The first kappa shape index (κ1) is 10.3. The monoisotopic (exact) mass is 204 g/mol. The van der Waals surface area contributed by atoms with Gasteiger partial charge in [-0.25, -0.2) is 4.79 Å². The van der Waals surface area contributed by atoms with Crippen LogP contribution in [0.3, 0.4) is 0 Å². The van der Waals surface area contributed by atoms with Crippen molar-refractivity contribution in [3.05, 3.63) is 0 Å². The van der Waals surface area contributed by atoms with E-state index in [9.17, 15) is 4.79 Å². The fourth-order valence-electron chi connectivity index (χ4n) is 0.238. The largest absolute Gasteiger partial charge is 0.430 e. The molecule has 0 spiro atoms. The Balaban J connectivity index is 3.99. The summed E-state index contributed by atoms with van der Waals surface area (Å²) in [7, 11) is 0. The first-order valence-electron chi connectivity index (χ1n) is 2.57. The average molecular weight is 205 g/mol. The van der Waals surface area contributed by atoms with Gasteiger partial charge in [-0.2, -0.15) is 0 Å². The molecule has 5 heteroatoms. The highest BCUT2D eigenvalue weighted by atomic mass is 35.5. The van der Waals surface area contributed by atoms with Crippen molar-refractivity contribution in [2.75, 3.05) is 0 Å². The summed E-state index contributed by atoms with van der Waals surface area (Å²) < 4.78 is 4.46. The summed E-state index contributed by atoms with van der Waals surface area (Å²) >= 11 is 16.1. The molecule has 0 fully saturated rings. The Morgan fingerprint density at radius 2 is 2.10 bits per heavy atom. The topological polar surface area (TPSA) is 26.3 Å². The summed E-state index contributed by atoms with van der Waals surface area (Å²) in [6.07, 6.45) is 0. The van der Waals surface area contributed by atoms with E-state index in [0.29, 0.717) is 0 Å². The number of hydrogen-bond acceptors (Lipinski definition) is 2. The number of halogens is 3. The highest BCUT2D eigenvalue weighted by Crippen LogP contribution is 2.25. The van der Waals surface area contributed by atoms with Gasteiger partial charge in [-0.1, -0.05) is 11.6 Å². The van der Waals surface area contributed by atoms with E-state index >= 15 is 0 Å². The lowest BCUT2D eigenvalue weighted by Gasteiger charge is -2.22. The van der Waals surface area contributed by atoms with E-state index in [4.69, 9.17) is 34.8 Å². The van der Waals surface area contributed by atoms with Crippen molar-refractivity contribution in [1.82, 2.24) is 0 Å². The Kier molecular flexibility index (Phi) is 3.77. The van der Waals surface area contributed by atoms with Crippen LogP contribution in [-0.4, -0.2) is 15.9 Å². The quantitative estimate of drug-likeness (QED) is 0.512. The van der Waals surface area contributed by atoms with Crippen molar-refractivity contribution < 1.29 is 9.53 Å². The second-order valence-corrected chi connectivity index (χ2v) is 3.66. The molecule has 0 aliphatic heterocycles. The average Bonchev–Trinajstić information content (AvgIpc) is 1.60. The third kappa shape index (κ3) is 3.49. The molecular formula is C5H7Cl3O2. The first-order valence-corrected chi connectivity index (χ1v) is 3.77. The molecule has 0 aliphatic carbocycles. The normalized spacial score (nSPS) is 19.3. The number of rotatable bonds is 2. The Hall–Kier alpha value is 0.340. The Bertz CT molecular complexity index is 133. The smallest absolute Gasteiger partial charge is 0.405 e. The third-order valence-corrected chi connectivity index (χ3v) is 2.00. The lowest BCUT2D eigenvalue weighted by molar-refractivity contribution is 0.104. The minimum Gasteiger partial charge on any atom is -0.430 e. The maximum atomic E-state index is 10.2. The number of alkyl halides is 2. The predicted octanol–water partition coefficient (Wildman–Crippen LogP) is 2.94. The van der Waals surface area contributed by atoms with Crippen LogP contribution >= 0.6 is 34.8 Å². The first-order chi connectivity index (χ1) is 4.36. The van der Waals surface area contributed by atoms with Gasteiger partial charge < -0.3 is 4.74 Å². The number of hydrogen-bond donors (Lipinski definition) is 0. The molecule has 10 heavy (non-hydrogen) atoms. The fraction of sp³-hybridized carbons (Fsp3) is 0.800. The highest BCUT2D eigenvalue weighted by molar-refractivity contribution is 6.61. The lowest BCUT2D eigenvalue weighted by atomic mass is 10.3. The van der Waals surface area contributed by atoms with Crippen LogP contribution in [0.4, 0.5) is 4.79 Å². The van der Waals surface area contributed by atoms with Gasteiger partial charge in [0.2, 0.25) is 0 Å². The van der Waals surface area contributed by atoms with E-state index in [1.165, 1.54) is 6.92 Å². The molecule has 2 atom stereocenters. The maximum Gasteiger partial charge on any atom is 0.405 e. The maximum absolute atomic E-state index is 10.2. The van der Waals surface area contributed by atoms with Crippen LogP contribution in [-0.2, 0) is 4.74 Å². The molecule has 0 heterocycles. The van der Waals surface area contributed by atoms with Gasteiger partial charge in [-0.15, -0.1) is 11.6 Å². The Labute approximate surface area is 74.4 Å². The van der Waals surface area contributed by atoms with Crippen molar-refractivity contribution in [2.45, 2.75) is 24.3 Å². The molecule has 0 radical (unpaired) electrons. The van der Waals surface area contributed by atoms with Crippen molar-refractivity contribution >= 4 is 40.2 Å². The third-order valence-electron chi connectivity index (χ3n) is 0.990. The molecule has 0 bridgehead atoms. The second-order valence-electron chi connectivity index (χ2n) is 1.94. The van der Waals surface area contributed by atoms with Crippen LogP contribution in [0, 0.1) is 0 Å². The summed E-state index contributed by atoms with van der Waals surface area (Å²) in [4.78, 5) is 10.2. The molecule has 60 valence electrons. The number of carbonyl (C=O) groups is 1. The second kappa shape index (κ2) is 3.65. The van der Waals surface area contributed by atoms with Crippen molar-refractivity contribution in [3.63, 3.8) is 0 Å². The van der Waals surface area contributed by atoms with Gasteiger partial charge >= 0.3 is 5.43 Å². The standard InChI is InChI=1S/C5H7Cl3O2/c1-3(6)5(2,8)10-4(7)9/h3H,1-2H3. The summed E-state index contributed by atoms with van der Waals surface area (Å²) in [6.45, 7) is 3.07. The molecule has 0 N–H and O–H groups in total. The molecule has 0 rings (SSSR count). The van der Waals surface area contributed by atoms with Crippen LogP contribution in [0.2, 0.25) is 0 Å². The summed E-state index contributed by atoms with van der Waals surface area (Å²) in [5.41, 5.74) is -0.954. The van der Waals surface area contributed by atoms with E-state index < -0.39 is 15.9 Å². The number of carbonyl (C=O) groups excluding carboxylic acids is 1. The summed E-state index contributed by atoms with van der Waals surface area (Å²) in [5.74, 6) is 0. The number of ether oxygens (including phenoxy) is 1. The van der Waals surface area contributed by atoms with E-state index in [0.717, 1.165) is 0 Å². The van der Waals surface area contributed by atoms with Crippen LogP contribution < -0.4 is 0 Å². The zero-order valence-electron chi connectivity index (χ0n) is 5.53. The van der Waals surface area contributed by atoms with Crippen LogP contribution in [0.15, 0.2) is 0 Å². The van der Waals surface area contributed by atoms with Gasteiger partial charge in [0.25, 0.3) is 0 Å². The molecule has 0 aromatic carbocycles. The van der Waals surface area contributed by atoms with E-state index in [-0.39, 0.29) is 0 Å². The fourth-order valence-corrected chi connectivity index (χ4v) is 0.552. The molecule has 0 saturated carbocycles. The van der Waals surface area contributed by atoms with Crippen molar-refractivity contribution in [3.8, 4) is 0 Å². The van der Waals surface area contributed by atoms with Gasteiger partial charge in [-0.05, 0) is 13.8 Å². The Morgan fingerprint density at radius 1 is 1.70 bits per heavy atom. The molecule has 0 aromatic rings. The molecule has 2 nitrogen and oxygen atoms in total. The van der Waals surface area contributed by atoms with Gasteiger partial charge in [-0.3, -0.25) is 0 Å². The van der Waals surface area contributed by atoms with Gasteiger partial charge in [0.1, 0.15) is 0 Å². The molecule has 0 aliphatic rings. The molecule has 0 amide bonds. The highest BCUT2D eigenvalue weighted by Gasteiger charge is 2.30. The van der Waals surface area contributed by atoms with Crippen LogP contribution in [0.1, 0.15) is 13.8 Å². The van der Waals surface area contributed by atoms with E-state index in [1.54, 1.807) is 6.92 Å². The minimum atomic E-state index is -1.22. The molecule has 0 aromatic heterocycles. The molecular weight excluding hydrogens is 198 g/mol. The van der Waals surface area contributed by atoms with Crippen molar-refractivity contribution in [1.29, 1.82) is 0 Å². The minimum absolute atomic E-state index is 0.489. The zero-order chi connectivity index (χ0) is 8.36. The lowest BCUT2D eigenvalue weighted by Crippen LogP contribution is -2.31. The van der Waals surface area contributed by atoms with Gasteiger partial charge in [0, 0.05) is 11.6 Å². The SMILES string of the molecule is CC(Cl)C(C)(Cl)OC(=O)Cl. The molecule has 2 unspecified atom stereocenters. The molecule has 0 saturated heterocycles. The van der Waals surface area contributed by atoms with E-state index in [2.05, 4.69) is 4.74 Å². The van der Waals surface area contributed by atoms with E-state index in [1.807, 2.05) is 0 Å². The van der Waals surface area contributed by atoms with Crippen LogP contribution in [0.5, 0.6) is 0 Å². The van der Waals surface area contributed by atoms with Crippen molar-refractivity contribution in [2.24, 2.45) is 0 Å². The van der Waals surface area contributed by atoms with Gasteiger partial charge in [0.15, 0.2) is 5.06 Å². The summed E-state index contributed by atoms with van der Waals surface area (Å²) in [5, 5.41) is -1.71. The summed E-state index contributed by atoms with van der Waals surface area (Å²) in [6, 6.07) is 0.